The molecule has 1 aromatic carbocycles. The van der Waals surface area contributed by atoms with Gasteiger partial charge in [-0.1, -0.05) is 12.1 Å². The molecule has 0 radical (unpaired) electrons. The van der Waals surface area contributed by atoms with Crippen LogP contribution in [0.3, 0.4) is 0 Å². The van der Waals surface area contributed by atoms with E-state index in [2.05, 4.69) is 10.3 Å². The fourth-order valence-corrected chi connectivity index (χ4v) is 1.89. The highest BCUT2D eigenvalue weighted by Gasteiger charge is 2.14. The van der Waals surface area contributed by atoms with Crippen LogP contribution in [0.5, 0.6) is 5.75 Å². The van der Waals surface area contributed by atoms with Crippen LogP contribution in [-0.4, -0.2) is 42.9 Å². The van der Waals surface area contributed by atoms with Gasteiger partial charge in [0.25, 0.3) is 11.8 Å². The Balaban J connectivity index is 2.22. The van der Waals surface area contributed by atoms with E-state index in [1.165, 1.54) is 24.3 Å². The Morgan fingerprint density at radius 2 is 1.91 bits per heavy atom. The molecule has 0 spiro atoms. The zero-order valence-corrected chi connectivity index (χ0v) is 12.7. The molecule has 6 nitrogen and oxygen atoms in total. The second kappa shape index (κ2) is 6.71. The number of amides is 2. The zero-order chi connectivity index (χ0) is 16.1. The van der Waals surface area contributed by atoms with E-state index in [1.807, 2.05) is 0 Å². The Bertz CT molecular complexity index is 699. The summed E-state index contributed by atoms with van der Waals surface area (Å²) in [6.45, 7) is 0. The van der Waals surface area contributed by atoms with Crippen molar-refractivity contribution < 1.29 is 14.3 Å². The number of methoxy groups -OCH3 is 1. The maximum absolute atomic E-state index is 12.3. The monoisotopic (exact) mass is 299 g/mol. The maximum atomic E-state index is 12.3. The maximum Gasteiger partial charge on any atom is 0.272 e. The highest BCUT2D eigenvalue weighted by Crippen LogP contribution is 2.19. The lowest BCUT2D eigenvalue weighted by atomic mass is 10.2. The number of nitrogens with one attached hydrogen (secondary N) is 1. The van der Waals surface area contributed by atoms with Crippen molar-refractivity contribution in [3.8, 4) is 5.75 Å². The van der Waals surface area contributed by atoms with Crippen molar-refractivity contribution in [1.82, 2.24) is 9.88 Å². The topological polar surface area (TPSA) is 71.5 Å². The molecule has 0 atom stereocenters. The van der Waals surface area contributed by atoms with Crippen LogP contribution in [0.1, 0.15) is 20.8 Å². The summed E-state index contributed by atoms with van der Waals surface area (Å²) in [7, 11) is 4.79. The molecule has 22 heavy (non-hydrogen) atoms. The molecule has 0 unspecified atom stereocenters. The van der Waals surface area contributed by atoms with Gasteiger partial charge in [0, 0.05) is 26.0 Å². The molecule has 2 aromatic rings. The number of hydrogen-bond donors (Lipinski definition) is 1. The number of rotatable bonds is 4. The number of carbonyl (C=O) groups is 2. The van der Waals surface area contributed by atoms with Crippen molar-refractivity contribution in [3.05, 3.63) is 53.9 Å². The van der Waals surface area contributed by atoms with Crippen molar-refractivity contribution in [2.75, 3.05) is 26.5 Å². The highest BCUT2D eigenvalue weighted by molar-refractivity contribution is 6.06. The minimum Gasteiger partial charge on any atom is -0.496 e. The van der Waals surface area contributed by atoms with Gasteiger partial charge in [0.05, 0.1) is 12.7 Å². The number of carbonyl (C=O) groups excluding carboxylic acids is 2. The normalized spacial score (nSPS) is 9.95. The van der Waals surface area contributed by atoms with E-state index in [0.717, 1.165) is 0 Å². The lowest BCUT2D eigenvalue weighted by Crippen LogP contribution is -2.23. The molecule has 0 saturated heterocycles. The zero-order valence-electron chi connectivity index (χ0n) is 12.7. The average Bonchev–Trinajstić information content (AvgIpc) is 2.54. The standard InChI is InChI=1S/C16H17N3O3/c1-19(2)16(21)13-10-11(8-9-17-13)18-15(20)12-6-4-5-7-14(12)22-3/h4-10H,1-3H3,(H,17,18,20). The van der Waals surface area contributed by atoms with Crippen molar-refractivity contribution in [2.24, 2.45) is 0 Å². The van der Waals surface area contributed by atoms with E-state index in [4.69, 9.17) is 4.74 Å². The van der Waals surface area contributed by atoms with Crippen LogP contribution < -0.4 is 10.1 Å². The number of para-hydroxylation sites is 1. The van der Waals surface area contributed by atoms with Gasteiger partial charge in [-0.2, -0.15) is 0 Å². The molecule has 2 rings (SSSR count). The van der Waals surface area contributed by atoms with Gasteiger partial charge in [0.2, 0.25) is 0 Å². The van der Waals surface area contributed by atoms with Crippen LogP contribution in [0.25, 0.3) is 0 Å². The molecule has 0 aliphatic heterocycles. The summed E-state index contributed by atoms with van der Waals surface area (Å²) in [5, 5.41) is 2.74. The Hall–Kier alpha value is -2.89. The first kappa shape index (κ1) is 15.5. The summed E-state index contributed by atoms with van der Waals surface area (Å²) < 4.78 is 5.16. The third-order valence-corrected chi connectivity index (χ3v) is 2.99. The molecule has 114 valence electrons. The van der Waals surface area contributed by atoms with Crippen LogP contribution in [0.4, 0.5) is 5.69 Å². The molecule has 2 amide bonds. The van der Waals surface area contributed by atoms with Gasteiger partial charge in [-0.3, -0.25) is 14.6 Å². The lowest BCUT2D eigenvalue weighted by molar-refractivity contribution is 0.0821. The Labute approximate surface area is 128 Å². The van der Waals surface area contributed by atoms with E-state index in [0.29, 0.717) is 17.0 Å². The van der Waals surface area contributed by atoms with Crippen molar-refractivity contribution in [1.29, 1.82) is 0 Å². The molecule has 0 bridgehead atoms. The first-order valence-electron chi connectivity index (χ1n) is 6.65. The number of nitrogens with zero attached hydrogens (tertiary/aromatic N) is 2. The minimum atomic E-state index is -0.313. The van der Waals surface area contributed by atoms with Gasteiger partial charge in [-0.05, 0) is 24.3 Å². The lowest BCUT2D eigenvalue weighted by Gasteiger charge is -2.11. The highest BCUT2D eigenvalue weighted by atomic mass is 16.5. The van der Waals surface area contributed by atoms with Gasteiger partial charge < -0.3 is 15.0 Å². The predicted molar refractivity (Wildman–Crippen MR) is 83.2 cm³/mol. The minimum absolute atomic E-state index is 0.228. The molecule has 6 heteroatoms. The third-order valence-electron chi connectivity index (χ3n) is 2.99. The number of aromatic nitrogens is 1. The summed E-state index contributed by atoms with van der Waals surface area (Å²) in [5.74, 6) is -0.0565. The van der Waals surface area contributed by atoms with Gasteiger partial charge >= 0.3 is 0 Å². The van der Waals surface area contributed by atoms with E-state index in [9.17, 15) is 9.59 Å². The summed E-state index contributed by atoms with van der Waals surface area (Å²) in [5.41, 5.74) is 1.18. The molecular weight excluding hydrogens is 282 g/mol. The fraction of sp³-hybridized carbons (Fsp3) is 0.188. The molecule has 0 aliphatic carbocycles. The van der Waals surface area contributed by atoms with Gasteiger partial charge in [0.15, 0.2) is 0 Å². The number of anilines is 1. The van der Waals surface area contributed by atoms with Crippen LogP contribution in [-0.2, 0) is 0 Å². The third kappa shape index (κ3) is 3.41. The van der Waals surface area contributed by atoms with Gasteiger partial charge in [-0.25, -0.2) is 0 Å². The molecule has 1 aromatic heterocycles. The second-order valence-electron chi connectivity index (χ2n) is 4.78. The van der Waals surface area contributed by atoms with E-state index in [1.54, 1.807) is 44.4 Å². The number of pyridine rings is 1. The van der Waals surface area contributed by atoms with Gasteiger partial charge in [0.1, 0.15) is 11.4 Å². The van der Waals surface area contributed by atoms with Crippen molar-refractivity contribution >= 4 is 17.5 Å². The summed E-state index contributed by atoms with van der Waals surface area (Å²) in [6.07, 6.45) is 1.48. The van der Waals surface area contributed by atoms with Crippen LogP contribution in [0.15, 0.2) is 42.6 Å². The van der Waals surface area contributed by atoms with Crippen molar-refractivity contribution in [3.63, 3.8) is 0 Å². The summed E-state index contributed by atoms with van der Waals surface area (Å²) in [4.78, 5) is 29.6. The Morgan fingerprint density at radius 1 is 1.18 bits per heavy atom. The SMILES string of the molecule is COc1ccccc1C(=O)Nc1ccnc(C(=O)N(C)C)c1. The fourth-order valence-electron chi connectivity index (χ4n) is 1.89. The summed E-state index contributed by atoms with van der Waals surface area (Å²) >= 11 is 0. The molecule has 1 N–H and O–H groups in total. The molecule has 1 heterocycles. The number of ether oxygens (including phenoxy) is 1. The predicted octanol–water partition coefficient (Wildman–Crippen LogP) is 2.04. The molecule has 0 fully saturated rings. The summed E-state index contributed by atoms with van der Waals surface area (Å²) in [6, 6.07) is 10.1. The number of benzene rings is 1. The second-order valence-corrected chi connectivity index (χ2v) is 4.78. The van der Waals surface area contributed by atoms with Gasteiger partial charge in [-0.15, -0.1) is 0 Å². The van der Waals surface area contributed by atoms with Crippen LogP contribution in [0, 0.1) is 0 Å². The Kier molecular flexibility index (Phi) is 4.73. The molecule has 0 aliphatic rings. The van der Waals surface area contributed by atoms with E-state index >= 15 is 0 Å². The van der Waals surface area contributed by atoms with E-state index in [-0.39, 0.29) is 17.5 Å². The van der Waals surface area contributed by atoms with Crippen LogP contribution >= 0.6 is 0 Å². The average molecular weight is 299 g/mol. The van der Waals surface area contributed by atoms with Crippen molar-refractivity contribution in [2.45, 2.75) is 0 Å². The number of hydrogen-bond acceptors (Lipinski definition) is 4. The largest absolute Gasteiger partial charge is 0.496 e. The first-order chi connectivity index (χ1) is 10.5. The van der Waals surface area contributed by atoms with Crippen LogP contribution in [0.2, 0.25) is 0 Å². The first-order valence-corrected chi connectivity index (χ1v) is 6.65. The van der Waals surface area contributed by atoms with E-state index < -0.39 is 0 Å². The quantitative estimate of drug-likeness (QED) is 0.938. The molecule has 0 saturated carbocycles. The smallest absolute Gasteiger partial charge is 0.272 e. The Morgan fingerprint density at radius 3 is 2.59 bits per heavy atom. The molecular formula is C16H17N3O3.